The summed E-state index contributed by atoms with van der Waals surface area (Å²) in [7, 11) is 0. The molecule has 2 nitrogen and oxygen atoms in total. The molecule has 0 spiro atoms. The minimum atomic E-state index is -0.412. The molecule has 0 aliphatic carbocycles. The Hall–Kier alpha value is -1.02. The van der Waals surface area contributed by atoms with Gasteiger partial charge in [0.1, 0.15) is 5.84 Å². The first-order valence-corrected chi connectivity index (χ1v) is 4.43. The first-order chi connectivity index (χ1) is 5.94. The minimum absolute atomic E-state index is 0.162. The maximum Gasteiger partial charge on any atom is 0.101 e. The van der Waals surface area contributed by atoms with Crippen molar-refractivity contribution in [1.29, 1.82) is 5.41 Å². The highest BCUT2D eigenvalue weighted by molar-refractivity contribution is 6.30. The molecule has 0 heterocycles. The van der Waals surface area contributed by atoms with Gasteiger partial charge in [0.05, 0.1) is 0 Å². The first-order valence-electron chi connectivity index (χ1n) is 4.05. The molecular weight excluding hydrogens is 184 g/mol. The van der Waals surface area contributed by atoms with E-state index in [1.54, 1.807) is 0 Å². The van der Waals surface area contributed by atoms with Crippen molar-refractivity contribution in [2.45, 2.75) is 19.3 Å². The zero-order valence-electron chi connectivity index (χ0n) is 7.76. The first kappa shape index (κ1) is 10.1. The Balaban J connectivity index is 3.08. The van der Waals surface area contributed by atoms with Gasteiger partial charge in [0.2, 0.25) is 0 Å². The van der Waals surface area contributed by atoms with Gasteiger partial charge in [0, 0.05) is 10.4 Å². The topological polar surface area (TPSA) is 49.9 Å². The zero-order valence-corrected chi connectivity index (χ0v) is 8.52. The lowest BCUT2D eigenvalue weighted by atomic mass is 9.84. The molecule has 3 heteroatoms. The van der Waals surface area contributed by atoms with Gasteiger partial charge in [-0.2, -0.15) is 0 Å². The van der Waals surface area contributed by atoms with Crippen molar-refractivity contribution < 1.29 is 0 Å². The number of nitrogens with two attached hydrogens (primary N) is 1. The second-order valence-electron chi connectivity index (χ2n) is 3.55. The molecule has 13 heavy (non-hydrogen) atoms. The Morgan fingerprint density at radius 2 is 1.77 bits per heavy atom. The van der Waals surface area contributed by atoms with Gasteiger partial charge < -0.3 is 5.73 Å². The van der Waals surface area contributed by atoms with Crippen LogP contribution in [0.4, 0.5) is 0 Å². The van der Waals surface area contributed by atoms with Gasteiger partial charge in [-0.1, -0.05) is 23.7 Å². The lowest BCUT2D eigenvalue weighted by Gasteiger charge is -2.23. The van der Waals surface area contributed by atoms with Crippen molar-refractivity contribution in [2.75, 3.05) is 0 Å². The predicted molar refractivity (Wildman–Crippen MR) is 56.4 cm³/mol. The van der Waals surface area contributed by atoms with Gasteiger partial charge in [0.25, 0.3) is 0 Å². The third-order valence-electron chi connectivity index (χ3n) is 2.24. The summed E-state index contributed by atoms with van der Waals surface area (Å²) in [6.07, 6.45) is 0. The van der Waals surface area contributed by atoms with E-state index >= 15 is 0 Å². The van der Waals surface area contributed by atoms with Crippen LogP contribution in [0.25, 0.3) is 0 Å². The van der Waals surface area contributed by atoms with E-state index in [1.165, 1.54) is 0 Å². The number of benzene rings is 1. The third-order valence-corrected chi connectivity index (χ3v) is 2.49. The molecule has 0 fully saturated rings. The zero-order chi connectivity index (χ0) is 10.1. The fraction of sp³-hybridized carbons (Fsp3) is 0.300. The van der Waals surface area contributed by atoms with E-state index in [2.05, 4.69) is 0 Å². The summed E-state index contributed by atoms with van der Waals surface area (Å²) >= 11 is 5.76. The Kier molecular flexibility index (Phi) is 2.62. The molecule has 0 saturated carbocycles. The lowest BCUT2D eigenvalue weighted by Crippen LogP contribution is -2.34. The minimum Gasteiger partial charge on any atom is -0.387 e. The van der Waals surface area contributed by atoms with Crippen molar-refractivity contribution in [1.82, 2.24) is 0 Å². The third kappa shape index (κ3) is 2.01. The molecule has 0 saturated heterocycles. The average Bonchev–Trinajstić information content (AvgIpc) is 2.04. The smallest absolute Gasteiger partial charge is 0.101 e. The summed E-state index contributed by atoms with van der Waals surface area (Å²) in [6, 6.07) is 7.40. The van der Waals surface area contributed by atoms with Gasteiger partial charge in [-0.3, -0.25) is 5.41 Å². The molecular formula is C10H13ClN2. The monoisotopic (exact) mass is 196 g/mol. The van der Waals surface area contributed by atoms with E-state index < -0.39 is 5.41 Å². The van der Waals surface area contributed by atoms with Crippen LogP contribution in [0.15, 0.2) is 24.3 Å². The van der Waals surface area contributed by atoms with Crippen LogP contribution in [-0.2, 0) is 5.41 Å². The van der Waals surface area contributed by atoms with Crippen LogP contribution in [0.1, 0.15) is 19.4 Å². The Labute approximate surface area is 83.2 Å². The van der Waals surface area contributed by atoms with Gasteiger partial charge in [-0.15, -0.1) is 0 Å². The summed E-state index contributed by atoms with van der Waals surface area (Å²) in [5.41, 5.74) is 6.08. The fourth-order valence-electron chi connectivity index (χ4n) is 1.02. The van der Waals surface area contributed by atoms with E-state index in [1.807, 2.05) is 38.1 Å². The fourth-order valence-corrected chi connectivity index (χ4v) is 1.15. The van der Waals surface area contributed by atoms with Gasteiger partial charge >= 0.3 is 0 Å². The molecule has 1 rings (SSSR count). The molecule has 1 aromatic rings. The van der Waals surface area contributed by atoms with E-state index in [0.29, 0.717) is 5.02 Å². The van der Waals surface area contributed by atoms with Crippen LogP contribution in [0.2, 0.25) is 5.02 Å². The largest absolute Gasteiger partial charge is 0.387 e. The molecule has 0 radical (unpaired) electrons. The SMILES string of the molecule is CC(C)(C(=N)N)c1ccc(Cl)cc1. The highest BCUT2D eigenvalue weighted by Crippen LogP contribution is 2.23. The molecule has 70 valence electrons. The number of nitrogens with one attached hydrogen (secondary N) is 1. The average molecular weight is 197 g/mol. The summed E-state index contributed by atoms with van der Waals surface area (Å²) in [6.45, 7) is 3.83. The number of hydrogen-bond donors (Lipinski definition) is 2. The predicted octanol–water partition coefficient (Wildman–Crippen LogP) is 2.55. The van der Waals surface area contributed by atoms with Crippen LogP contribution < -0.4 is 5.73 Å². The summed E-state index contributed by atoms with van der Waals surface area (Å²) < 4.78 is 0. The Morgan fingerprint density at radius 1 is 1.31 bits per heavy atom. The molecule has 0 aliphatic rings. The number of halogens is 1. The van der Waals surface area contributed by atoms with E-state index in [9.17, 15) is 0 Å². The van der Waals surface area contributed by atoms with Crippen LogP contribution in [0, 0.1) is 5.41 Å². The second kappa shape index (κ2) is 3.38. The normalized spacial score (nSPS) is 11.3. The molecule has 1 aromatic carbocycles. The maximum absolute atomic E-state index is 7.43. The number of amidine groups is 1. The molecule has 0 aromatic heterocycles. The van der Waals surface area contributed by atoms with Crippen molar-refractivity contribution in [3.63, 3.8) is 0 Å². The molecule has 0 amide bonds. The second-order valence-corrected chi connectivity index (χ2v) is 3.98. The number of hydrogen-bond acceptors (Lipinski definition) is 1. The van der Waals surface area contributed by atoms with Crippen LogP contribution in [0.3, 0.4) is 0 Å². The Bertz CT molecular complexity index is 314. The summed E-state index contributed by atoms with van der Waals surface area (Å²) in [4.78, 5) is 0. The quantitative estimate of drug-likeness (QED) is 0.555. The van der Waals surface area contributed by atoms with Crippen molar-refractivity contribution in [3.05, 3.63) is 34.9 Å². The molecule has 3 N–H and O–H groups in total. The highest BCUT2D eigenvalue weighted by atomic mass is 35.5. The summed E-state index contributed by atoms with van der Waals surface area (Å²) in [5.74, 6) is 0.162. The highest BCUT2D eigenvalue weighted by Gasteiger charge is 2.23. The molecule has 0 atom stereocenters. The van der Waals surface area contributed by atoms with Crippen molar-refractivity contribution in [2.24, 2.45) is 5.73 Å². The standard InChI is InChI=1S/C10H13ClN2/c1-10(2,9(12)13)7-3-5-8(11)6-4-7/h3-6H,1-2H3,(H3,12,13). The van der Waals surface area contributed by atoms with Crippen molar-refractivity contribution >= 4 is 17.4 Å². The van der Waals surface area contributed by atoms with Gasteiger partial charge in [-0.25, -0.2) is 0 Å². The summed E-state index contributed by atoms with van der Waals surface area (Å²) in [5, 5.41) is 8.13. The van der Waals surface area contributed by atoms with E-state index in [0.717, 1.165) is 5.56 Å². The molecule has 0 unspecified atom stereocenters. The van der Waals surface area contributed by atoms with Gasteiger partial charge in [-0.05, 0) is 31.5 Å². The van der Waals surface area contributed by atoms with Crippen LogP contribution >= 0.6 is 11.6 Å². The lowest BCUT2D eigenvalue weighted by molar-refractivity contribution is 0.705. The molecule has 0 aliphatic heterocycles. The number of rotatable bonds is 2. The van der Waals surface area contributed by atoms with Gasteiger partial charge in [0.15, 0.2) is 0 Å². The van der Waals surface area contributed by atoms with Crippen LogP contribution in [-0.4, -0.2) is 5.84 Å². The van der Waals surface area contributed by atoms with Crippen molar-refractivity contribution in [3.8, 4) is 0 Å². The Morgan fingerprint density at radius 3 is 2.15 bits per heavy atom. The van der Waals surface area contributed by atoms with E-state index in [4.69, 9.17) is 22.7 Å². The molecule has 0 bridgehead atoms. The van der Waals surface area contributed by atoms with E-state index in [-0.39, 0.29) is 5.84 Å². The maximum atomic E-state index is 7.43. The van der Waals surface area contributed by atoms with Crippen LogP contribution in [0.5, 0.6) is 0 Å².